The van der Waals surface area contributed by atoms with Crippen LogP contribution in [0.3, 0.4) is 0 Å². The number of hydrogen-bond acceptors (Lipinski definition) is 5. The van der Waals surface area contributed by atoms with Gasteiger partial charge < -0.3 is 19.7 Å². The van der Waals surface area contributed by atoms with Gasteiger partial charge in [-0.05, 0) is 41.3 Å². The van der Waals surface area contributed by atoms with E-state index >= 15 is 0 Å². The van der Waals surface area contributed by atoms with Crippen LogP contribution < -0.4 is 4.74 Å². The van der Waals surface area contributed by atoms with E-state index in [0.29, 0.717) is 10.2 Å². The van der Waals surface area contributed by atoms with Crippen molar-refractivity contribution in [1.82, 2.24) is 4.98 Å². The summed E-state index contributed by atoms with van der Waals surface area (Å²) < 4.78 is 10.8. The molecule has 6 heteroatoms. The zero-order valence-electron chi connectivity index (χ0n) is 9.39. The van der Waals surface area contributed by atoms with Crippen molar-refractivity contribution in [2.75, 3.05) is 7.11 Å². The van der Waals surface area contributed by atoms with Crippen LogP contribution in [0, 0.1) is 0 Å². The lowest BCUT2D eigenvalue weighted by molar-refractivity contribution is -0.375. The van der Waals surface area contributed by atoms with Gasteiger partial charge in [-0.2, -0.15) is 0 Å². The van der Waals surface area contributed by atoms with Crippen molar-refractivity contribution in [3.63, 3.8) is 0 Å². The van der Waals surface area contributed by atoms with E-state index in [1.165, 1.54) is 19.4 Å². The third-order valence-corrected chi connectivity index (χ3v) is 3.38. The van der Waals surface area contributed by atoms with E-state index in [1.54, 1.807) is 0 Å². The molecule has 1 aliphatic rings. The maximum atomic E-state index is 9.82. The molecule has 0 radical (unpaired) electrons. The number of aromatic nitrogens is 1. The summed E-state index contributed by atoms with van der Waals surface area (Å²) in [5.74, 6) is -1.83. The molecule has 0 aliphatic heterocycles. The summed E-state index contributed by atoms with van der Waals surface area (Å²) in [4.78, 5) is 3.91. The number of aliphatic hydroxyl groups is 2. The first-order valence-corrected chi connectivity index (χ1v) is 6.15. The predicted octanol–water partition coefficient (Wildman–Crippen LogP) is 1.52. The minimum atomic E-state index is -2.35. The summed E-state index contributed by atoms with van der Waals surface area (Å²) in [6.45, 7) is 0. The van der Waals surface area contributed by atoms with E-state index in [2.05, 4.69) is 20.9 Å². The van der Waals surface area contributed by atoms with Crippen molar-refractivity contribution in [1.29, 1.82) is 0 Å². The third kappa shape index (κ3) is 2.77. The Bertz CT molecular complexity index is 406. The molecule has 0 atom stereocenters. The molecule has 2 N–H and O–H groups in total. The summed E-state index contributed by atoms with van der Waals surface area (Å²) in [7, 11) is 1.51. The van der Waals surface area contributed by atoms with Gasteiger partial charge in [0.1, 0.15) is 5.69 Å². The topological polar surface area (TPSA) is 71.8 Å². The van der Waals surface area contributed by atoms with Gasteiger partial charge in [0.2, 0.25) is 0 Å². The van der Waals surface area contributed by atoms with Crippen LogP contribution in [0.1, 0.15) is 25.0 Å². The molecule has 0 amide bonds. The predicted molar refractivity (Wildman–Crippen MR) is 63.3 cm³/mol. The molecule has 1 saturated carbocycles. The normalized spacial score (nSPS) is 16.7. The van der Waals surface area contributed by atoms with E-state index in [1.807, 2.05) is 0 Å². The maximum absolute atomic E-state index is 9.82. The van der Waals surface area contributed by atoms with Crippen LogP contribution in [0.25, 0.3) is 0 Å². The van der Waals surface area contributed by atoms with Crippen molar-refractivity contribution < 1.29 is 19.7 Å². The summed E-state index contributed by atoms with van der Waals surface area (Å²) in [5, 5.41) is 19.6. The van der Waals surface area contributed by atoms with Crippen molar-refractivity contribution in [2.24, 2.45) is 0 Å². The average molecular weight is 304 g/mol. The van der Waals surface area contributed by atoms with Gasteiger partial charge in [-0.25, -0.2) is 4.98 Å². The molecule has 0 spiro atoms. The summed E-state index contributed by atoms with van der Waals surface area (Å²) >= 11 is 3.25. The van der Waals surface area contributed by atoms with Gasteiger partial charge in [0, 0.05) is 0 Å². The number of hydrogen-bond donors (Lipinski definition) is 2. The lowest BCUT2D eigenvalue weighted by Gasteiger charge is -2.32. The Labute approximate surface area is 108 Å². The molecule has 1 aromatic rings. The molecule has 5 nitrogen and oxygen atoms in total. The lowest BCUT2D eigenvalue weighted by Crippen LogP contribution is -2.37. The summed E-state index contributed by atoms with van der Waals surface area (Å²) in [6.07, 6.45) is 4.05. The third-order valence-electron chi connectivity index (χ3n) is 2.76. The zero-order chi connectivity index (χ0) is 12.5. The van der Waals surface area contributed by atoms with Crippen molar-refractivity contribution >= 4 is 15.9 Å². The van der Waals surface area contributed by atoms with Gasteiger partial charge in [0.05, 0.1) is 23.9 Å². The Kier molecular flexibility index (Phi) is 3.67. The molecule has 1 fully saturated rings. The first-order valence-electron chi connectivity index (χ1n) is 5.35. The van der Waals surface area contributed by atoms with Crippen LogP contribution in [0.5, 0.6) is 5.75 Å². The number of ether oxygens (including phenoxy) is 2. The second-order valence-electron chi connectivity index (χ2n) is 3.98. The van der Waals surface area contributed by atoms with Gasteiger partial charge >= 0.3 is 5.97 Å². The Morgan fingerprint density at radius 1 is 1.47 bits per heavy atom. The van der Waals surface area contributed by atoms with Crippen molar-refractivity contribution in [3.8, 4) is 5.75 Å². The number of rotatable bonds is 4. The fourth-order valence-electron chi connectivity index (χ4n) is 1.53. The van der Waals surface area contributed by atoms with E-state index in [9.17, 15) is 10.2 Å². The van der Waals surface area contributed by atoms with Gasteiger partial charge in [-0.3, -0.25) is 0 Å². The Balaban J connectivity index is 2.16. The fourth-order valence-corrected chi connectivity index (χ4v) is 2.01. The second-order valence-corrected chi connectivity index (χ2v) is 4.84. The van der Waals surface area contributed by atoms with Gasteiger partial charge in [-0.15, -0.1) is 0 Å². The molecule has 17 heavy (non-hydrogen) atoms. The van der Waals surface area contributed by atoms with E-state index < -0.39 is 5.97 Å². The minimum absolute atomic E-state index is 0.0390. The SMILES string of the molecule is COc1cnc(C(O)(O)OC2CCC2)cc1Br. The van der Waals surface area contributed by atoms with Crippen molar-refractivity contribution in [3.05, 3.63) is 22.4 Å². The first kappa shape index (κ1) is 12.8. The molecule has 0 aromatic carbocycles. The highest BCUT2D eigenvalue weighted by atomic mass is 79.9. The minimum Gasteiger partial charge on any atom is -0.494 e. The first-order chi connectivity index (χ1) is 8.03. The Morgan fingerprint density at radius 3 is 2.65 bits per heavy atom. The van der Waals surface area contributed by atoms with Gasteiger partial charge in [0.25, 0.3) is 0 Å². The maximum Gasteiger partial charge on any atom is 0.325 e. The highest BCUT2D eigenvalue weighted by molar-refractivity contribution is 9.10. The smallest absolute Gasteiger partial charge is 0.325 e. The monoisotopic (exact) mass is 303 g/mol. The molecule has 2 rings (SSSR count). The molecular formula is C11H14BrNO4. The van der Waals surface area contributed by atoms with Crippen LogP contribution in [0.2, 0.25) is 0 Å². The van der Waals surface area contributed by atoms with Crippen LogP contribution in [0.15, 0.2) is 16.7 Å². The van der Waals surface area contributed by atoms with Crippen LogP contribution >= 0.6 is 15.9 Å². The molecule has 0 saturated heterocycles. The highest BCUT2D eigenvalue weighted by Gasteiger charge is 2.35. The average Bonchev–Trinajstić information content (AvgIpc) is 2.23. The van der Waals surface area contributed by atoms with E-state index in [4.69, 9.17) is 9.47 Å². The van der Waals surface area contributed by atoms with E-state index in [-0.39, 0.29) is 11.8 Å². The molecule has 0 bridgehead atoms. The molecule has 1 heterocycles. The number of pyridine rings is 1. The molecule has 1 aliphatic carbocycles. The van der Waals surface area contributed by atoms with Gasteiger partial charge in [0.15, 0.2) is 5.75 Å². The lowest BCUT2D eigenvalue weighted by atomic mass is 9.96. The number of methoxy groups -OCH3 is 1. The standard InChI is InChI=1S/C11H14BrNO4/c1-16-9-6-13-10(5-8(9)12)11(14,15)17-7-3-2-4-7/h5-7,14-15H,2-4H2,1H3. The molecule has 94 valence electrons. The van der Waals surface area contributed by atoms with Crippen LogP contribution in [0.4, 0.5) is 0 Å². The summed E-state index contributed by atoms with van der Waals surface area (Å²) in [6, 6.07) is 1.47. The van der Waals surface area contributed by atoms with Gasteiger partial charge in [-0.1, -0.05) is 0 Å². The second kappa shape index (κ2) is 4.89. The largest absolute Gasteiger partial charge is 0.494 e. The van der Waals surface area contributed by atoms with Crippen LogP contribution in [-0.4, -0.2) is 28.4 Å². The number of nitrogens with zero attached hydrogens (tertiary/aromatic N) is 1. The zero-order valence-corrected chi connectivity index (χ0v) is 11.0. The van der Waals surface area contributed by atoms with Crippen LogP contribution in [-0.2, 0) is 10.7 Å². The highest BCUT2D eigenvalue weighted by Crippen LogP contribution is 2.32. The molecule has 1 aromatic heterocycles. The fraction of sp³-hybridized carbons (Fsp3) is 0.545. The Hall–Kier alpha value is -0.690. The quantitative estimate of drug-likeness (QED) is 0.825. The number of halogens is 1. The summed E-state index contributed by atoms with van der Waals surface area (Å²) in [5.41, 5.74) is 0.0390. The Morgan fingerprint density at radius 2 is 2.18 bits per heavy atom. The molecule has 0 unspecified atom stereocenters. The van der Waals surface area contributed by atoms with Crippen molar-refractivity contribution in [2.45, 2.75) is 31.3 Å². The van der Waals surface area contributed by atoms with E-state index in [0.717, 1.165) is 19.3 Å². The molecular weight excluding hydrogens is 290 g/mol.